The Morgan fingerprint density at radius 3 is 2.22 bits per heavy atom. The van der Waals surface area contributed by atoms with Crippen LogP contribution in [-0.4, -0.2) is 72.0 Å². The molecule has 14 nitrogen and oxygen atoms in total. The van der Waals surface area contributed by atoms with Gasteiger partial charge in [-0.1, -0.05) is 12.1 Å². The average molecular weight is 554 g/mol. The fourth-order valence-electron chi connectivity index (χ4n) is 2.80. The van der Waals surface area contributed by atoms with E-state index < -0.39 is 41.8 Å². The number of aromatic nitrogens is 5. The summed E-state index contributed by atoms with van der Waals surface area (Å²) in [5.41, 5.74) is 4.51. The molecular formula is C17H18F3N7O7S2. The number of carbonyl (C=O) groups excluding carboxylic acids is 1. The lowest BCUT2D eigenvalue weighted by atomic mass is 10.0. The predicted octanol–water partition coefficient (Wildman–Crippen LogP) is -2.62. The summed E-state index contributed by atoms with van der Waals surface area (Å²) in [6.45, 7) is -0.235. The highest BCUT2D eigenvalue weighted by molar-refractivity contribution is 7.93. The second-order valence-electron chi connectivity index (χ2n) is 6.75. The van der Waals surface area contributed by atoms with Crippen molar-refractivity contribution in [3.63, 3.8) is 0 Å². The van der Waals surface area contributed by atoms with Crippen LogP contribution in [0.5, 0.6) is 0 Å². The molecule has 0 bridgehead atoms. The first-order chi connectivity index (χ1) is 16.6. The first-order valence-electron chi connectivity index (χ1n) is 9.43. The van der Waals surface area contributed by atoms with Crippen LogP contribution in [-0.2, 0) is 31.3 Å². The maximum Gasteiger partial charge on any atom is 0.430 e. The van der Waals surface area contributed by atoms with Gasteiger partial charge in [0.1, 0.15) is 16.6 Å². The number of benzene rings is 1. The van der Waals surface area contributed by atoms with Gasteiger partial charge in [-0.05, 0) is 22.9 Å². The van der Waals surface area contributed by atoms with Crippen LogP contribution >= 0.6 is 0 Å². The largest absolute Gasteiger partial charge is 0.542 e. The van der Waals surface area contributed by atoms with E-state index in [1.165, 1.54) is 18.3 Å². The molecule has 2 heterocycles. The molecule has 0 atom stereocenters. The molecule has 0 aliphatic heterocycles. The van der Waals surface area contributed by atoms with Crippen LogP contribution in [0.2, 0.25) is 0 Å². The number of aromatic amines is 1. The maximum atomic E-state index is 12.7. The Morgan fingerprint density at radius 2 is 1.81 bits per heavy atom. The lowest BCUT2D eigenvalue weighted by Crippen LogP contribution is -2.53. The van der Waals surface area contributed by atoms with E-state index >= 15 is 0 Å². The van der Waals surface area contributed by atoms with Gasteiger partial charge in [0.05, 0.1) is 29.3 Å². The molecule has 19 heteroatoms. The number of pyridine rings is 1. The smallest absolute Gasteiger partial charge is 0.430 e. The summed E-state index contributed by atoms with van der Waals surface area (Å²) in [6, 6.07) is 5.73. The summed E-state index contributed by atoms with van der Waals surface area (Å²) in [5, 5.41) is 36.6. The number of alkyl halides is 3. The Kier molecular flexibility index (Phi) is 8.80. The van der Waals surface area contributed by atoms with Crippen LogP contribution < -0.4 is 16.0 Å². The summed E-state index contributed by atoms with van der Waals surface area (Å²) >= 11 is 0. The molecule has 0 radical (unpaired) electrons. The zero-order chi connectivity index (χ0) is 27.3. The second-order valence-corrected chi connectivity index (χ2v) is 10.3. The Bertz CT molecular complexity index is 1430. The minimum Gasteiger partial charge on any atom is -0.542 e. The summed E-state index contributed by atoms with van der Waals surface area (Å²) in [6.07, 6.45) is -3.79. The number of sulfonamides is 1. The van der Waals surface area contributed by atoms with Gasteiger partial charge >= 0.3 is 6.18 Å². The molecule has 3 aromatic rings. The van der Waals surface area contributed by atoms with Crippen molar-refractivity contribution in [2.24, 2.45) is 5.14 Å². The van der Waals surface area contributed by atoms with Crippen molar-refractivity contribution in [3.05, 3.63) is 36.2 Å². The quantitative estimate of drug-likeness (QED) is 0.236. The van der Waals surface area contributed by atoms with Gasteiger partial charge in [0.25, 0.3) is 0 Å². The standard InChI is InChI=1S/C15H17N7O5S2.C2HF3O2/c16-5-6-28(24,25)12-4-3-11(9-1-2-10(8-23)18-7-9)13(14(12)29(17,26)27)15-19-21-22-20-15;3-2(4,5)1(6)7/h1-4,7,23H,5-6,8,16H2,(H2,17,26,27)(H,19,20,21,22);(H,6,7). The van der Waals surface area contributed by atoms with Gasteiger partial charge < -0.3 is 20.7 Å². The van der Waals surface area contributed by atoms with E-state index in [4.69, 9.17) is 20.1 Å². The summed E-state index contributed by atoms with van der Waals surface area (Å²) in [5.74, 6) is -3.53. The van der Waals surface area contributed by atoms with Crippen molar-refractivity contribution in [2.75, 3.05) is 12.3 Å². The van der Waals surface area contributed by atoms with Crippen LogP contribution in [0.15, 0.2) is 40.3 Å². The van der Waals surface area contributed by atoms with Crippen LogP contribution in [0, 0.1) is 0 Å². The third-order valence-electron chi connectivity index (χ3n) is 4.25. The molecule has 0 saturated carbocycles. The number of aliphatic hydroxyl groups is 1. The fraction of sp³-hybridized carbons (Fsp3) is 0.235. The molecule has 0 aliphatic rings. The van der Waals surface area contributed by atoms with E-state index in [2.05, 4.69) is 31.3 Å². The van der Waals surface area contributed by atoms with Crippen LogP contribution in [0.1, 0.15) is 5.69 Å². The molecular weight excluding hydrogens is 535 g/mol. The van der Waals surface area contributed by atoms with E-state index in [1.807, 2.05) is 0 Å². The van der Waals surface area contributed by atoms with Gasteiger partial charge in [-0.15, -0.1) is 10.2 Å². The minimum absolute atomic E-state index is 0.0399. The van der Waals surface area contributed by atoms with E-state index in [9.17, 15) is 30.0 Å². The molecule has 0 saturated heterocycles. The van der Waals surface area contributed by atoms with Crippen LogP contribution in [0.3, 0.4) is 0 Å². The number of sulfone groups is 1. The van der Waals surface area contributed by atoms with Gasteiger partial charge in [0.15, 0.2) is 9.84 Å². The Labute approximate surface area is 201 Å². The van der Waals surface area contributed by atoms with Crippen molar-refractivity contribution >= 4 is 25.8 Å². The molecule has 0 aliphatic carbocycles. The first-order valence-corrected chi connectivity index (χ1v) is 12.6. The van der Waals surface area contributed by atoms with E-state index in [0.717, 1.165) is 0 Å². The number of nitrogens with two attached hydrogens (primary N) is 1. The highest BCUT2D eigenvalue weighted by Crippen LogP contribution is 2.38. The number of quaternary nitrogens is 1. The van der Waals surface area contributed by atoms with Crippen molar-refractivity contribution in [1.82, 2.24) is 25.6 Å². The number of primary sulfonamides is 1. The number of hydrogen-bond donors (Lipinski definition) is 4. The third-order valence-corrected chi connectivity index (χ3v) is 7.21. The average Bonchev–Trinajstić information content (AvgIpc) is 3.32. The number of carboxylic acid groups (broad SMARTS) is 1. The van der Waals surface area contributed by atoms with Gasteiger partial charge in [-0.3, -0.25) is 4.98 Å². The lowest BCUT2D eigenvalue weighted by molar-refractivity contribution is -0.360. The van der Waals surface area contributed by atoms with E-state index in [1.54, 1.807) is 12.1 Å². The topological polar surface area (TPSA) is 250 Å². The number of carbonyl (C=O) groups is 1. The molecule has 7 N–H and O–H groups in total. The Morgan fingerprint density at radius 1 is 1.17 bits per heavy atom. The van der Waals surface area contributed by atoms with Crippen LogP contribution in [0.25, 0.3) is 22.5 Å². The third kappa shape index (κ3) is 6.79. The highest BCUT2D eigenvalue weighted by atomic mass is 32.2. The Balaban J connectivity index is 0.000000572. The maximum absolute atomic E-state index is 12.7. The van der Waals surface area contributed by atoms with Crippen molar-refractivity contribution in [3.8, 4) is 22.5 Å². The summed E-state index contributed by atoms with van der Waals surface area (Å²) in [7, 11) is -8.52. The van der Waals surface area contributed by atoms with Crippen molar-refractivity contribution < 1.29 is 50.7 Å². The number of hydrogen-bond acceptors (Lipinski definition) is 11. The molecule has 1 aromatic carbocycles. The molecule has 36 heavy (non-hydrogen) atoms. The predicted molar refractivity (Wildman–Crippen MR) is 111 cm³/mol. The number of H-pyrrole nitrogens is 1. The number of halogens is 3. The highest BCUT2D eigenvalue weighted by Gasteiger charge is 2.32. The van der Waals surface area contributed by atoms with Crippen molar-refractivity contribution in [1.29, 1.82) is 0 Å². The van der Waals surface area contributed by atoms with Crippen LogP contribution in [0.4, 0.5) is 13.2 Å². The summed E-state index contributed by atoms with van der Waals surface area (Å²) < 4.78 is 81.9. The normalized spacial score (nSPS) is 12.1. The zero-order valence-electron chi connectivity index (χ0n) is 17.9. The number of nitrogens with zero attached hydrogens (tertiary/aromatic N) is 4. The fourth-order valence-corrected chi connectivity index (χ4v) is 5.62. The van der Waals surface area contributed by atoms with Gasteiger partial charge in [0.2, 0.25) is 15.8 Å². The monoisotopic (exact) mass is 553 g/mol. The molecule has 0 spiro atoms. The van der Waals surface area contributed by atoms with E-state index in [-0.39, 0.29) is 35.9 Å². The lowest BCUT2D eigenvalue weighted by Gasteiger charge is -2.15. The summed E-state index contributed by atoms with van der Waals surface area (Å²) in [4.78, 5) is 11.8. The number of aliphatic carboxylic acids is 1. The minimum atomic E-state index is -5.19. The number of nitrogens with one attached hydrogen (secondary N) is 1. The molecule has 3 rings (SSSR count). The molecule has 0 unspecified atom stereocenters. The van der Waals surface area contributed by atoms with Gasteiger partial charge in [0, 0.05) is 11.8 Å². The van der Waals surface area contributed by atoms with Gasteiger partial charge in [-0.2, -0.15) is 18.4 Å². The number of tetrazole rings is 1. The number of rotatable bonds is 7. The zero-order valence-corrected chi connectivity index (χ0v) is 19.6. The molecule has 2 aromatic heterocycles. The molecule has 0 fully saturated rings. The van der Waals surface area contributed by atoms with Crippen molar-refractivity contribution in [2.45, 2.75) is 22.6 Å². The molecule has 196 valence electrons. The second kappa shape index (κ2) is 11.0. The number of aliphatic hydroxyl groups excluding tert-OH is 1. The SMILES string of the molecule is NS(=O)(=O)c1c(S(=O)(=O)CC[NH3+])ccc(-c2ccc(CO)nc2)c1-c1nn[nH]n1.O=C([O-])C(F)(F)F. The Hall–Kier alpha value is -3.52. The number of carboxylic acids is 1. The van der Waals surface area contributed by atoms with Gasteiger partial charge in [-0.25, -0.2) is 22.0 Å². The first kappa shape index (κ1) is 28.7. The molecule has 0 amide bonds. The van der Waals surface area contributed by atoms with E-state index in [0.29, 0.717) is 11.3 Å².